The van der Waals surface area contributed by atoms with Gasteiger partial charge in [0.05, 0.1) is 24.4 Å². The average molecular weight is 483 g/mol. The van der Waals surface area contributed by atoms with Gasteiger partial charge >= 0.3 is 0 Å². The maximum Gasteiger partial charge on any atom is 0.174 e. The molecule has 1 saturated heterocycles. The van der Waals surface area contributed by atoms with Crippen LogP contribution in [0.5, 0.6) is 5.75 Å². The van der Waals surface area contributed by atoms with Gasteiger partial charge < -0.3 is 19.5 Å². The summed E-state index contributed by atoms with van der Waals surface area (Å²) in [6.45, 7) is 9.24. The quantitative estimate of drug-likeness (QED) is 0.323. The van der Waals surface area contributed by atoms with Gasteiger partial charge in [-0.3, -0.25) is 4.98 Å². The molecule has 3 heterocycles. The van der Waals surface area contributed by atoms with E-state index in [1.54, 1.807) is 0 Å². The lowest BCUT2D eigenvalue weighted by atomic mass is 9.93. The molecular weight excluding hydrogens is 452 g/mol. The monoisotopic (exact) mass is 482 g/mol. The van der Waals surface area contributed by atoms with Crippen molar-refractivity contribution in [2.75, 3.05) is 11.5 Å². The lowest BCUT2D eigenvalue weighted by Gasteiger charge is -2.29. The molecule has 35 heavy (non-hydrogen) atoms. The number of pyridine rings is 1. The highest BCUT2D eigenvalue weighted by molar-refractivity contribution is 7.80. The van der Waals surface area contributed by atoms with Crippen LogP contribution in [-0.2, 0) is 0 Å². The smallest absolute Gasteiger partial charge is 0.174 e. The Kier molecular flexibility index (Phi) is 6.31. The number of para-hydroxylation sites is 1. The minimum atomic E-state index is -0.0845. The first-order valence-electron chi connectivity index (χ1n) is 12.0. The van der Waals surface area contributed by atoms with Crippen LogP contribution in [0.4, 0.5) is 5.69 Å². The normalized spacial score (nSPS) is 17.5. The number of thiocarbonyl (C=S) groups is 1. The Balaban J connectivity index is 1.68. The van der Waals surface area contributed by atoms with Crippen LogP contribution in [0.3, 0.4) is 0 Å². The van der Waals surface area contributed by atoms with E-state index in [4.69, 9.17) is 21.9 Å². The highest BCUT2D eigenvalue weighted by atomic mass is 32.1. The number of ether oxygens (including phenoxy) is 1. The predicted molar refractivity (Wildman–Crippen MR) is 146 cm³/mol. The molecule has 6 heteroatoms. The molecule has 0 radical (unpaired) electrons. The van der Waals surface area contributed by atoms with Crippen molar-refractivity contribution in [3.8, 4) is 11.4 Å². The van der Waals surface area contributed by atoms with Gasteiger partial charge in [0.1, 0.15) is 5.75 Å². The molecule has 0 bridgehead atoms. The molecule has 5 nitrogen and oxygen atoms in total. The Morgan fingerprint density at radius 3 is 2.26 bits per heavy atom. The summed E-state index contributed by atoms with van der Waals surface area (Å²) in [5.74, 6) is 0.852. The lowest BCUT2D eigenvalue weighted by Crippen LogP contribution is -2.29. The lowest BCUT2D eigenvalue weighted by molar-refractivity contribution is 0.340. The zero-order valence-electron chi connectivity index (χ0n) is 20.5. The molecule has 0 saturated carbocycles. The second kappa shape index (κ2) is 9.55. The van der Waals surface area contributed by atoms with Crippen LogP contribution in [0.1, 0.15) is 47.2 Å². The summed E-state index contributed by atoms with van der Waals surface area (Å²) in [6.07, 6.45) is 1.84. The second-order valence-corrected chi connectivity index (χ2v) is 9.19. The van der Waals surface area contributed by atoms with Crippen LogP contribution in [0, 0.1) is 20.8 Å². The molecule has 0 aliphatic carbocycles. The zero-order chi connectivity index (χ0) is 24.5. The van der Waals surface area contributed by atoms with Gasteiger partial charge in [-0.1, -0.05) is 24.3 Å². The van der Waals surface area contributed by atoms with Crippen molar-refractivity contribution < 1.29 is 4.74 Å². The van der Waals surface area contributed by atoms with Gasteiger partial charge in [0.25, 0.3) is 0 Å². The van der Waals surface area contributed by atoms with Crippen molar-refractivity contribution in [1.82, 2.24) is 14.9 Å². The summed E-state index contributed by atoms with van der Waals surface area (Å²) in [7, 11) is 0. The molecule has 2 atom stereocenters. The maximum absolute atomic E-state index is 5.93. The fraction of sp³-hybridized carbons (Fsp3) is 0.241. The van der Waals surface area contributed by atoms with E-state index in [9.17, 15) is 0 Å². The SMILES string of the molecule is CCOc1ccc(N2C(=S)N[C@H](c3ccccn3)[C@@H]2c2c(C)c(C)n(-c3ccccc3)c2C)cc1. The molecule has 2 aromatic carbocycles. The van der Waals surface area contributed by atoms with E-state index in [1.807, 2.05) is 37.4 Å². The Morgan fingerprint density at radius 2 is 1.60 bits per heavy atom. The minimum Gasteiger partial charge on any atom is -0.494 e. The molecule has 178 valence electrons. The molecule has 1 N–H and O–H groups in total. The third-order valence-electron chi connectivity index (χ3n) is 6.84. The van der Waals surface area contributed by atoms with Gasteiger partial charge in [-0.2, -0.15) is 0 Å². The first kappa shape index (κ1) is 23.1. The summed E-state index contributed by atoms with van der Waals surface area (Å²) < 4.78 is 8.02. The van der Waals surface area contributed by atoms with Crippen molar-refractivity contribution in [3.63, 3.8) is 0 Å². The highest BCUT2D eigenvalue weighted by Crippen LogP contribution is 2.45. The zero-order valence-corrected chi connectivity index (χ0v) is 21.3. The molecule has 5 rings (SSSR count). The van der Waals surface area contributed by atoms with Crippen LogP contribution in [0.25, 0.3) is 5.69 Å². The molecular formula is C29H30N4OS. The number of benzene rings is 2. The summed E-state index contributed by atoms with van der Waals surface area (Å²) in [6, 6.07) is 24.6. The number of rotatable bonds is 6. The van der Waals surface area contributed by atoms with Gasteiger partial charge in [-0.15, -0.1) is 0 Å². The van der Waals surface area contributed by atoms with Crippen LogP contribution in [-0.4, -0.2) is 21.3 Å². The largest absolute Gasteiger partial charge is 0.494 e. The third kappa shape index (κ3) is 4.08. The van der Waals surface area contributed by atoms with Crippen LogP contribution >= 0.6 is 12.2 Å². The van der Waals surface area contributed by atoms with Gasteiger partial charge in [0.15, 0.2) is 5.11 Å². The molecule has 1 fully saturated rings. The van der Waals surface area contributed by atoms with Crippen molar-refractivity contribution in [2.45, 2.75) is 39.8 Å². The van der Waals surface area contributed by atoms with Crippen LogP contribution in [0.15, 0.2) is 79.0 Å². The molecule has 0 spiro atoms. The van der Waals surface area contributed by atoms with Crippen LogP contribution < -0.4 is 15.0 Å². The van der Waals surface area contributed by atoms with Gasteiger partial charge in [-0.25, -0.2) is 0 Å². The molecule has 0 amide bonds. The van der Waals surface area contributed by atoms with Crippen molar-refractivity contribution in [3.05, 3.63) is 107 Å². The first-order valence-corrected chi connectivity index (χ1v) is 12.4. The van der Waals surface area contributed by atoms with Gasteiger partial charge in [0, 0.05) is 34.5 Å². The fourth-order valence-electron chi connectivity index (χ4n) is 5.20. The molecule has 1 aliphatic heterocycles. The Hall–Kier alpha value is -3.64. The number of nitrogens with zero attached hydrogens (tertiary/aromatic N) is 3. The molecule has 0 unspecified atom stereocenters. The number of aromatic nitrogens is 2. The Bertz CT molecular complexity index is 1330. The Labute approximate surface area is 212 Å². The van der Waals surface area contributed by atoms with Crippen molar-refractivity contribution >= 4 is 23.0 Å². The van der Waals surface area contributed by atoms with E-state index in [1.165, 1.54) is 22.5 Å². The third-order valence-corrected chi connectivity index (χ3v) is 7.16. The number of hydrogen-bond donors (Lipinski definition) is 1. The highest BCUT2D eigenvalue weighted by Gasteiger charge is 2.43. The predicted octanol–water partition coefficient (Wildman–Crippen LogP) is 6.37. The summed E-state index contributed by atoms with van der Waals surface area (Å²) >= 11 is 5.93. The van der Waals surface area contributed by atoms with E-state index in [0.29, 0.717) is 11.7 Å². The van der Waals surface area contributed by atoms with E-state index in [-0.39, 0.29) is 12.1 Å². The number of nitrogens with one attached hydrogen (secondary N) is 1. The van der Waals surface area contributed by atoms with Gasteiger partial charge in [-0.05, 0) is 94.0 Å². The topological polar surface area (TPSA) is 42.3 Å². The second-order valence-electron chi connectivity index (χ2n) is 8.80. The van der Waals surface area contributed by atoms with E-state index in [2.05, 4.69) is 84.1 Å². The van der Waals surface area contributed by atoms with E-state index < -0.39 is 0 Å². The number of hydrogen-bond acceptors (Lipinski definition) is 3. The maximum atomic E-state index is 5.93. The van der Waals surface area contributed by atoms with E-state index >= 15 is 0 Å². The standard InChI is InChI=1S/C29H30N4OS/c1-5-34-24-16-14-23(15-17-24)33-28(27(31-29(33)35)25-13-9-10-18-30-25)26-19(2)20(3)32(21(26)4)22-11-7-6-8-12-22/h6-18,27-28H,5H2,1-4H3,(H,31,35)/t27-,28+/m1/s1. The van der Waals surface area contributed by atoms with Crippen molar-refractivity contribution in [2.24, 2.45) is 0 Å². The van der Waals surface area contributed by atoms with Gasteiger partial charge in [0.2, 0.25) is 0 Å². The summed E-state index contributed by atoms with van der Waals surface area (Å²) in [5, 5.41) is 4.28. The number of anilines is 1. The van der Waals surface area contributed by atoms with Crippen LogP contribution in [0.2, 0.25) is 0 Å². The molecule has 1 aliphatic rings. The van der Waals surface area contributed by atoms with E-state index in [0.717, 1.165) is 22.8 Å². The summed E-state index contributed by atoms with van der Waals surface area (Å²) in [4.78, 5) is 6.94. The summed E-state index contributed by atoms with van der Waals surface area (Å²) in [5.41, 5.74) is 8.12. The van der Waals surface area contributed by atoms with Crippen molar-refractivity contribution in [1.29, 1.82) is 0 Å². The fourth-order valence-corrected chi connectivity index (χ4v) is 5.55. The molecule has 4 aromatic rings. The first-order chi connectivity index (χ1) is 17.0. The molecule has 2 aromatic heterocycles. The Morgan fingerprint density at radius 1 is 0.886 bits per heavy atom. The minimum absolute atomic E-state index is 0.0565. The average Bonchev–Trinajstić information content (AvgIpc) is 3.33.